The molecule has 2 saturated heterocycles. The molecule has 2 fully saturated rings. The normalized spacial score (nSPS) is 35.2. The Bertz CT molecular complexity index is 888. The zero-order valence-electron chi connectivity index (χ0n) is 25.3. The van der Waals surface area contributed by atoms with Crippen LogP contribution in [-0.2, 0) is 28.5 Å². The molecular formula is C24H42CaO24. The van der Waals surface area contributed by atoms with E-state index in [9.17, 15) is 81.1 Å². The number of carboxylic acid groups (broad SMARTS) is 2. The number of aliphatic hydroxyl groups excluding tert-OH is 16. The number of carbonyl (C=O) groups excluding carboxylic acids is 2. The Balaban J connectivity index is 0.000000922. The summed E-state index contributed by atoms with van der Waals surface area (Å²) in [6.45, 7) is -3.58. The second-order valence-corrected chi connectivity index (χ2v) is 10.6. The van der Waals surface area contributed by atoms with Crippen molar-refractivity contribution in [3.05, 3.63) is 0 Å². The summed E-state index contributed by atoms with van der Waals surface area (Å²) >= 11 is 0. The van der Waals surface area contributed by atoms with Gasteiger partial charge in [0.2, 0.25) is 0 Å². The van der Waals surface area contributed by atoms with E-state index in [-0.39, 0.29) is 37.7 Å². The molecule has 25 heteroatoms. The Morgan fingerprint density at radius 2 is 0.837 bits per heavy atom. The third-order valence-electron chi connectivity index (χ3n) is 7.22. The molecule has 0 bridgehead atoms. The zero-order chi connectivity index (χ0) is 37.2. The van der Waals surface area contributed by atoms with Gasteiger partial charge in [0.1, 0.15) is 97.7 Å². The SMILES string of the molecule is O=C([O-])[C@H](O)[C@@H](O)[C@H](O[C@@H]1O[C@H](CO)[C@H](O)[C@H](O)[C@H]1O)[C@H](O)CO.O=C([O-])[C@H](O)[C@@H](O)[C@H](O[C@@H]1O[C@H](CO)[C@H](O)[C@H](O)[C@H]1O)[C@H](O)CO.[Ca+2]. The molecule has 0 radical (unpaired) electrons. The molecule has 0 aromatic carbocycles. The van der Waals surface area contributed by atoms with Crippen molar-refractivity contribution in [2.75, 3.05) is 26.4 Å². The number of ether oxygens (including phenoxy) is 4. The van der Waals surface area contributed by atoms with E-state index >= 15 is 0 Å². The monoisotopic (exact) mass is 754 g/mol. The van der Waals surface area contributed by atoms with Gasteiger partial charge >= 0.3 is 37.7 Å². The summed E-state index contributed by atoms with van der Waals surface area (Å²) in [6.07, 6.45) is -34.5. The van der Waals surface area contributed by atoms with Crippen LogP contribution < -0.4 is 10.2 Å². The van der Waals surface area contributed by atoms with Gasteiger partial charge in [-0.15, -0.1) is 0 Å². The van der Waals surface area contributed by atoms with E-state index < -0.39 is 149 Å². The van der Waals surface area contributed by atoms with Crippen molar-refractivity contribution in [3.63, 3.8) is 0 Å². The first-order valence-corrected chi connectivity index (χ1v) is 13.9. The molecule has 18 atom stereocenters. The van der Waals surface area contributed by atoms with Crippen LogP contribution in [0.25, 0.3) is 0 Å². The largest absolute Gasteiger partial charge is 2.00 e. The van der Waals surface area contributed by atoms with Crippen molar-refractivity contribution in [3.8, 4) is 0 Å². The minimum atomic E-state index is -2.50. The smallest absolute Gasteiger partial charge is 0.547 e. The molecule has 284 valence electrons. The van der Waals surface area contributed by atoms with Crippen LogP contribution in [0.4, 0.5) is 0 Å². The number of carboxylic acids is 2. The number of aliphatic carboxylic acids is 2. The molecule has 2 aliphatic rings. The first-order chi connectivity index (χ1) is 22.3. The zero-order valence-corrected chi connectivity index (χ0v) is 27.6. The van der Waals surface area contributed by atoms with Gasteiger partial charge < -0.3 is 120 Å². The molecule has 0 aliphatic carbocycles. The number of rotatable bonds is 16. The van der Waals surface area contributed by atoms with Gasteiger partial charge in [0.05, 0.1) is 38.4 Å². The number of carbonyl (C=O) groups is 2. The fourth-order valence-corrected chi connectivity index (χ4v) is 4.31. The minimum Gasteiger partial charge on any atom is -0.547 e. The van der Waals surface area contributed by atoms with E-state index in [1.165, 1.54) is 0 Å². The molecule has 0 saturated carbocycles. The van der Waals surface area contributed by atoms with Crippen LogP contribution in [0.3, 0.4) is 0 Å². The predicted molar refractivity (Wildman–Crippen MR) is 143 cm³/mol. The third-order valence-corrected chi connectivity index (χ3v) is 7.22. The summed E-state index contributed by atoms with van der Waals surface area (Å²) in [6, 6.07) is 0. The van der Waals surface area contributed by atoms with Crippen molar-refractivity contribution in [1.29, 1.82) is 0 Å². The van der Waals surface area contributed by atoms with Gasteiger partial charge in [-0.3, -0.25) is 0 Å². The summed E-state index contributed by atoms with van der Waals surface area (Å²) in [5.74, 6) is -4.18. The number of hydrogen-bond donors (Lipinski definition) is 16. The Labute approximate surface area is 305 Å². The maximum atomic E-state index is 10.6. The minimum absolute atomic E-state index is 0. The molecule has 24 nitrogen and oxygen atoms in total. The summed E-state index contributed by atoms with van der Waals surface area (Å²) in [5, 5.41) is 173. The van der Waals surface area contributed by atoms with E-state index in [0.29, 0.717) is 0 Å². The van der Waals surface area contributed by atoms with E-state index in [4.69, 9.17) is 39.4 Å². The molecule has 0 unspecified atom stereocenters. The van der Waals surface area contributed by atoms with Crippen molar-refractivity contribution in [2.45, 2.75) is 110 Å². The molecule has 2 rings (SSSR count). The average molecular weight is 755 g/mol. The maximum absolute atomic E-state index is 10.6. The van der Waals surface area contributed by atoms with Gasteiger partial charge in [0.15, 0.2) is 12.6 Å². The van der Waals surface area contributed by atoms with E-state index in [1.807, 2.05) is 0 Å². The van der Waals surface area contributed by atoms with Crippen molar-refractivity contribution < 1.29 is 120 Å². The Hall–Kier alpha value is -0.600. The number of aliphatic hydroxyl groups is 16. The van der Waals surface area contributed by atoms with Gasteiger partial charge in [-0.1, -0.05) is 0 Å². The first kappa shape index (κ1) is 48.4. The molecule has 16 N–H and O–H groups in total. The van der Waals surface area contributed by atoms with Crippen LogP contribution >= 0.6 is 0 Å². The van der Waals surface area contributed by atoms with Gasteiger partial charge in [-0.2, -0.15) is 0 Å². The number of hydrogen-bond acceptors (Lipinski definition) is 24. The second kappa shape index (κ2) is 22.5. The van der Waals surface area contributed by atoms with Gasteiger partial charge in [-0.05, 0) is 0 Å². The van der Waals surface area contributed by atoms with Crippen LogP contribution in [0.15, 0.2) is 0 Å². The van der Waals surface area contributed by atoms with Crippen LogP contribution in [0.1, 0.15) is 0 Å². The Kier molecular flexibility index (Phi) is 22.2. The fraction of sp³-hybridized carbons (Fsp3) is 0.917. The molecular weight excluding hydrogens is 712 g/mol. The fourth-order valence-electron chi connectivity index (χ4n) is 4.31. The average Bonchev–Trinajstić information content (AvgIpc) is 3.07. The van der Waals surface area contributed by atoms with Crippen LogP contribution in [-0.4, -0.2) is 268 Å². The molecule has 0 aromatic rings. The molecule has 2 aliphatic heterocycles. The standard InChI is InChI=1S/2C12H22O12.Ca/c2*13-1-3(15)10(7(18)8(19)11(21)22)24-12-9(20)6(17)5(16)4(2-14)23-12;/h2*3-10,12-20H,1-2H2,(H,21,22);/q;;+2/p-2/t2*3-,4-,5+,6+,7-,8-,9-,10-,12+;/m11./s1. The molecule has 49 heavy (non-hydrogen) atoms. The Morgan fingerprint density at radius 1 is 0.551 bits per heavy atom. The van der Waals surface area contributed by atoms with Crippen LogP contribution in [0.5, 0.6) is 0 Å². The van der Waals surface area contributed by atoms with Gasteiger partial charge in [0, 0.05) is 0 Å². The third kappa shape index (κ3) is 12.8. The van der Waals surface area contributed by atoms with Crippen LogP contribution in [0, 0.1) is 0 Å². The molecule has 0 spiro atoms. The van der Waals surface area contributed by atoms with Crippen LogP contribution in [0.2, 0.25) is 0 Å². The molecule has 2 heterocycles. The van der Waals surface area contributed by atoms with E-state index in [0.717, 1.165) is 0 Å². The maximum Gasteiger partial charge on any atom is 2.00 e. The topological polar surface area (TPSA) is 441 Å². The van der Waals surface area contributed by atoms with E-state index in [1.54, 1.807) is 0 Å². The van der Waals surface area contributed by atoms with Crippen molar-refractivity contribution >= 4 is 49.7 Å². The van der Waals surface area contributed by atoms with Crippen molar-refractivity contribution in [1.82, 2.24) is 0 Å². The van der Waals surface area contributed by atoms with Gasteiger partial charge in [0.25, 0.3) is 0 Å². The predicted octanol–water partition coefficient (Wildman–Crippen LogP) is -14.4. The molecule has 0 aromatic heterocycles. The van der Waals surface area contributed by atoms with E-state index in [2.05, 4.69) is 0 Å². The summed E-state index contributed by atoms with van der Waals surface area (Å²) in [5.41, 5.74) is 0. The van der Waals surface area contributed by atoms with Gasteiger partial charge in [-0.25, -0.2) is 0 Å². The quantitative estimate of drug-likeness (QED) is 0.0650. The summed E-state index contributed by atoms with van der Waals surface area (Å²) in [4.78, 5) is 21.2. The van der Waals surface area contributed by atoms with Crippen molar-refractivity contribution in [2.24, 2.45) is 0 Å². The first-order valence-electron chi connectivity index (χ1n) is 13.9. The molecule has 0 amide bonds. The summed E-state index contributed by atoms with van der Waals surface area (Å²) < 4.78 is 19.9. The Morgan fingerprint density at radius 3 is 1.06 bits per heavy atom. The second-order valence-electron chi connectivity index (χ2n) is 10.6. The summed E-state index contributed by atoms with van der Waals surface area (Å²) in [7, 11) is 0.